The molecule has 0 atom stereocenters. The zero-order valence-corrected chi connectivity index (χ0v) is 15.4. The molecule has 1 aromatic carbocycles. The fourth-order valence-electron chi connectivity index (χ4n) is 3.48. The smallest absolute Gasteiger partial charge is 0.120 e. The van der Waals surface area contributed by atoms with Gasteiger partial charge in [-0.05, 0) is 55.8 Å². The van der Waals surface area contributed by atoms with Gasteiger partial charge >= 0.3 is 0 Å². The van der Waals surface area contributed by atoms with Gasteiger partial charge in [0.2, 0.25) is 0 Å². The lowest BCUT2D eigenvalue weighted by Gasteiger charge is -2.47. The van der Waals surface area contributed by atoms with Crippen LogP contribution in [0.15, 0.2) is 24.3 Å². The standard InChI is InChI=1S/C18H24B5NO2/c19-17(20,21)24(18(22,23)25)11-5-9-14-8-4-10-16(12-14)26-13-15-6-2-1-3-7-15/h4,8,10,12,15,25H,1-3,5-7,9,11,13H2. The topological polar surface area (TPSA) is 32.7 Å². The van der Waals surface area contributed by atoms with Crippen LogP contribution in [-0.4, -0.2) is 73.2 Å². The largest absolute Gasteiger partial charge is 0.493 e. The van der Waals surface area contributed by atoms with Gasteiger partial charge in [-0.2, -0.15) is 0 Å². The molecular weight excluding hydrogens is 316 g/mol. The molecule has 10 radical (unpaired) electrons. The highest BCUT2D eigenvalue weighted by molar-refractivity contribution is 6.59. The van der Waals surface area contributed by atoms with Crippen molar-refractivity contribution in [3.05, 3.63) is 29.8 Å². The highest BCUT2D eigenvalue weighted by atomic mass is 16.5. The molecule has 1 aliphatic rings. The maximum atomic E-state index is 9.77. The monoisotopic (exact) mass is 341 g/mol. The van der Waals surface area contributed by atoms with Crippen LogP contribution in [0.2, 0.25) is 0 Å². The van der Waals surface area contributed by atoms with E-state index in [0.717, 1.165) is 29.2 Å². The Balaban J connectivity index is 1.84. The van der Waals surface area contributed by atoms with Gasteiger partial charge in [0.15, 0.2) is 0 Å². The van der Waals surface area contributed by atoms with E-state index >= 15 is 0 Å². The van der Waals surface area contributed by atoms with Crippen molar-refractivity contribution in [1.29, 1.82) is 0 Å². The number of nitrogens with zero attached hydrogens (tertiary/aromatic N) is 1. The Morgan fingerprint density at radius 3 is 2.38 bits per heavy atom. The average molecular weight is 340 g/mol. The summed E-state index contributed by atoms with van der Waals surface area (Å²) < 4.78 is 5.97. The summed E-state index contributed by atoms with van der Waals surface area (Å²) in [7, 11) is 27.8. The Morgan fingerprint density at radius 1 is 1.08 bits per heavy atom. The van der Waals surface area contributed by atoms with Gasteiger partial charge < -0.3 is 14.7 Å². The molecule has 1 aliphatic carbocycles. The van der Waals surface area contributed by atoms with Crippen molar-refractivity contribution in [3.63, 3.8) is 0 Å². The first kappa shape index (κ1) is 21.6. The molecule has 0 aliphatic heterocycles. The van der Waals surface area contributed by atoms with E-state index in [0.29, 0.717) is 12.3 Å². The van der Waals surface area contributed by atoms with E-state index in [-0.39, 0.29) is 6.54 Å². The quantitative estimate of drug-likeness (QED) is 0.536. The fraction of sp³-hybridized carbons (Fsp3) is 0.667. The molecule has 8 heteroatoms. The Labute approximate surface area is 164 Å². The molecule has 26 heavy (non-hydrogen) atoms. The van der Waals surface area contributed by atoms with Crippen LogP contribution in [0.4, 0.5) is 0 Å². The summed E-state index contributed by atoms with van der Waals surface area (Å²) in [6.07, 6.45) is 7.83. The van der Waals surface area contributed by atoms with E-state index in [9.17, 15) is 5.11 Å². The first-order valence-electron chi connectivity index (χ1n) is 9.32. The highest BCUT2D eigenvalue weighted by Crippen LogP contribution is 2.25. The number of aliphatic hydroxyl groups is 1. The van der Waals surface area contributed by atoms with Gasteiger partial charge in [0.1, 0.15) is 21.4 Å². The van der Waals surface area contributed by atoms with E-state index in [1.165, 1.54) is 32.1 Å². The molecule has 0 saturated heterocycles. The number of hydrogen-bond donors (Lipinski definition) is 1. The van der Waals surface area contributed by atoms with Crippen LogP contribution in [0.3, 0.4) is 0 Å². The molecule has 128 valence electrons. The van der Waals surface area contributed by atoms with E-state index in [1.54, 1.807) is 0 Å². The highest BCUT2D eigenvalue weighted by Gasteiger charge is 2.30. The number of rotatable bonds is 9. The number of ether oxygens (including phenoxy) is 1. The Hall–Kier alpha value is -0.735. The van der Waals surface area contributed by atoms with Gasteiger partial charge in [-0.3, -0.25) is 0 Å². The normalized spacial score (nSPS) is 16.7. The number of aryl methyl sites for hydroxylation is 1. The lowest BCUT2D eigenvalue weighted by atomic mass is 9.46. The summed E-state index contributed by atoms with van der Waals surface area (Å²) in [5.41, 5.74) is -1.07. The van der Waals surface area contributed by atoms with Crippen LogP contribution >= 0.6 is 0 Å². The maximum absolute atomic E-state index is 9.77. The summed E-state index contributed by atoms with van der Waals surface area (Å²) in [5, 5.41) is 7.97. The molecule has 1 saturated carbocycles. The zero-order valence-electron chi connectivity index (χ0n) is 15.4. The van der Waals surface area contributed by atoms with Crippen LogP contribution in [-0.2, 0) is 6.42 Å². The summed E-state index contributed by atoms with van der Waals surface area (Å²) >= 11 is 0. The van der Waals surface area contributed by atoms with Crippen LogP contribution < -0.4 is 4.74 Å². The predicted molar refractivity (Wildman–Crippen MR) is 110 cm³/mol. The van der Waals surface area contributed by atoms with Gasteiger partial charge in [0.25, 0.3) is 0 Å². The van der Waals surface area contributed by atoms with Gasteiger partial charge in [-0.25, -0.2) is 0 Å². The van der Waals surface area contributed by atoms with Crippen molar-refractivity contribution in [1.82, 2.24) is 4.90 Å². The molecular formula is C18H24B5NO2. The minimum atomic E-state index is -2.18. The molecule has 0 unspecified atom stereocenters. The zero-order chi connectivity index (χ0) is 19.2. The lowest BCUT2D eigenvalue weighted by Crippen LogP contribution is -2.63. The van der Waals surface area contributed by atoms with Gasteiger partial charge in [-0.15, -0.1) is 0 Å². The summed E-state index contributed by atoms with van der Waals surface area (Å²) in [6, 6.07) is 8.01. The fourth-order valence-corrected chi connectivity index (χ4v) is 3.48. The van der Waals surface area contributed by atoms with E-state index < -0.39 is 10.8 Å². The van der Waals surface area contributed by atoms with E-state index in [2.05, 4.69) is 0 Å². The maximum Gasteiger partial charge on any atom is 0.120 e. The second kappa shape index (κ2) is 9.46. The third-order valence-corrected chi connectivity index (χ3v) is 4.86. The second-order valence-electron chi connectivity index (χ2n) is 7.39. The van der Waals surface area contributed by atoms with Crippen molar-refractivity contribution in [2.45, 2.75) is 55.7 Å². The Kier molecular flexibility index (Phi) is 7.84. The molecule has 0 amide bonds. The van der Waals surface area contributed by atoms with Crippen molar-refractivity contribution in [2.24, 2.45) is 5.92 Å². The van der Waals surface area contributed by atoms with Crippen molar-refractivity contribution in [3.8, 4) is 5.75 Å². The summed E-state index contributed by atoms with van der Waals surface area (Å²) in [4.78, 5) is 1.06. The molecule has 3 nitrogen and oxygen atoms in total. The molecule has 0 aromatic heterocycles. The third-order valence-electron chi connectivity index (χ3n) is 4.86. The summed E-state index contributed by atoms with van der Waals surface area (Å²) in [6.45, 7) is 1.03. The predicted octanol–water partition coefficient (Wildman–Crippen LogP) is 0.938. The Bertz CT molecular complexity index is 539. The van der Waals surface area contributed by atoms with Crippen molar-refractivity contribution in [2.75, 3.05) is 13.2 Å². The number of hydrogen-bond acceptors (Lipinski definition) is 3. The SMILES string of the molecule is [B]C([B])([B])N(CCCc1cccc(OCC2CCCCC2)c1)C([B])([B])O. The number of benzene rings is 1. The van der Waals surface area contributed by atoms with Gasteiger partial charge in [0, 0.05) is 5.52 Å². The van der Waals surface area contributed by atoms with Crippen molar-refractivity contribution >= 4 is 39.2 Å². The van der Waals surface area contributed by atoms with E-state index in [1.807, 2.05) is 24.3 Å². The first-order valence-corrected chi connectivity index (χ1v) is 9.32. The lowest BCUT2D eigenvalue weighted by molar-refractivity contribution is 0.0268. The van der Waals surface area contributed by atoms with Crippen LogP contribution in [0.25, 0.3) is 0 Å². The van der Waals surface area contributed by atoms with Crippen molar-refractivity contribution < 1.29 is 9.84 Å². The van der Waals surface area contributed by atoms with Gasteiger partial charge in [-0.1, -0.05) is 36.6 Å². The molecule has 2 rings (SSSR count). The van der Waals surface area contributed by atoms with Crippen LogP contribution in [0.1, 0.15) is 44.1 Å². The van der Waals surface area contributed by atoms with Crippen LogP contribution in [0, 0.1) is 5.92 Å². The molecule has 0 spiro atoms. The first-order chi connectivity index (χ1) is 12.2. The minimum Gasteiger partial charge on any atom is -0.493 e. The third kappa shape index (κ3) is 7.11. The molecule has 1 N–H and O–H groups in total. The van der Waals surface area contributed by atoms with E-state index in [4.69, 9.17) is 44.0 Å². The second-order valence-corrected chi connectivity index (χ2v) is 7.39. The molecule has 1 aromatic rings. The van der Waals surface area contributed by atoms with Crippen LogP contribution in [0.5, 0.6) is 5.75 Å². The average Bonchev–Trinajstić information content (AvgIpc) is 2.56. The molecule has 0 bridgehead atoms. The Morgan fingerprint density at radius 2 is 1.77 bits per heavy atom. The minimum absolute atomic E-state index is 0.250. The summed E-state index contributed by atoms with van der Waals surface area (Å²) in [5.74, 6) is 1.55. The van der Waals surface area contributed by atoms with Gasteiger partial charge in [0.05, 0.1) is 30.1 Å². The molecule has 0 heterocycles. The molecule has 1 fully saturated rings.